The number of aromatic nitrogens is 1. The highest BCUT2D eigenvalue weighted by Crippen LogP contribution is 2.32. The summed E-state index contributed by atoms with van der Waals surface area (Å²) >= 11 is 5.63. The van der Waals surface area contributed by atoms with E-state index in [9.17, 15) is 5.11 Å². The summed E-state index contributed by atoms with van der Waals surface area (Å²) in [4.78, 5) is 0.291. The van der Waals surface area contributed by atoms with Crippen LogP contribution in [0.25, 0.3) is 11.5 Å². The molecule has 2 heterocycles. The maximum Gasteiger partial charge on any atom is 0.238 e. The number of hydrogen-bond acceptors (Lipinski definition) is 5. The first-order valence-electron chi connectivity index (χ1n) is 9.39. The lowest BCUT2D eigenvalue weighted by atomic mass is 10.1. The molecule has 0 unspecified atom stereocenters. The van der Waals surface area contributed by atoms with Crippen molar-refractivity contribution in [3.05, 3.63) is 78.6 Å². The molecule has 4 rings (SSSR count). The molecule has 30 heavy (non-hydrogen) atoms. The molecule has 0 aliphatic carbocycles. The van der Waals surface area contributed by atoms with E-state index in [2.05, 4.69) is 5.32 Å². The van der Waals surface area contributed by atoms with Crippen LogP contribution in [0.4, 0.5) is 5.69 Å². The van der Waals surface area contributed by atoms with Crippen LogP contribution in [0.2, 0.25) is 0 Å². The highest BCUT2D eigenvalue weighted by atomic mass is 32.1. The normalized spacial score (nSPS) is 13.2. The number of anilines is 1. The van der Waals surface area contributed by atoms with Gasteiger partial charge in [0.2, 0.25) is 5.70 Å². The Balaban J connectivity index is 1.75. The molecule has 0 atom stereocenters. The molecule has 6 nitrogen and oxygen atoms in total. The SMILES string of the molecule is COc1cccc(NC(=S)C(=C([O-])c2ccc3c(c2)OCCO3)[n+]2ccccc2)c1. The molecule has 1 aliphatic rings. The van der Waals surface area contributed by atoms with Crippen molar-refractivity contribution in [3.8, 4) is 17.2 Å². The standard InChI is InChI=1S/C23H20N2O4S/c1-27-18-7-5-6-17(15-18)24-23(30)21(25-10-3-2-4-11-25)22(26)16-8-9-19-20(14-16)29-13-12-28-19/h2-11,14-15H,12-13H2,1H3,(H-,24,26,30). The van der Waals surface area contributed by atoms with Gasteiger partial charge in [0.15, 0.2) is 28.9 Å². The van der Waals surface area contributed by atoms with E-state index in [1.54, 1.807) is 42.3 Å². The number of benzene rings is 2. The summed E-state index contributed by atoms with van der Waals surface area (Å²) in [6, 6.07) is 18.1. The van der Waals surface area contributed by atoms with Crippen molar-refractivity contribution >= 4 is 34.3 Å². The highest BCUT2D eigenvalue weighted by Gasteiger charge is 2.20. The van der Waals surface area contributed by atoms with Crippen LogP contribution in [0.15, 0.2) is 73.1 Å². The van der Waals surface area contributed by atoms with Crippen molar-refractivity contribution in [1.82, 2.24) is 0 Å². The predicted octanol–water partition coefficient (Wildman–Crippen LogP) is 2.88. The molecule has 0 radical (unpaired) electrons. The molecule has 7 heteroatoms. The van der Waals surface area contributed by atoms with E-state index in [0.29, 0.717) is 46.7 Å². The number of thiocarbonyl (C=S) groups is 1. The van der Waals surface area contributed by atoms with Crippen LogP contribution < -0.4 is 29.2 Å². The third-order valence-corrected chi connectivity index (χ3v) is 4.83. The fourth-order valence-corrected chi connectivity index (χ4v) is 3.41. The molecular formula is C23H20N2O4S. The zero-order chi connectivity index (χ0) is 20.9. The fraction of sp³-hybridized carbons (Fsp3) is 0.130. The van der Waals surface area contributed by atoms with Gasteiger partial charge in [0.1, 0.15) is 19.0 Å². The van der Waals surface area contributed by atoms with Crippen LogP contribution in [0.1, 0.15) is 5.56 Å². The Morgan fingerprint density at radius 3 is 2.53 bits per heavy atom. The lowest BCUT2D eigenvalue weighted by Crippen LogP contribution is -2.39. The van der Waals surface area contributed by atoms with Crippen molar-refractivity contribution in [2.75, 3.05) is 25.6 Å². The number of methoxy groups -OCH3 is 1. The largest absolute Gasteiger partial charge is 0.867 e. The third kappa shape index (κ3) is 4.21. The van der Waals surface area contributed by atoms with Crippen LogP contribution in [-0.4, -0.2) is 25.3 Å². The number of pyridine rings is 1. The van der Waals surface area contributed by atoms with E-state index in [-0.39, 0.29) is 5.76 Å². The van der Waals surface area contributed by atoms with Crippen molar-refractivity contribution in [1.29, 1.82) is 0 Å². The molecule has 0 fully saturated rings. The quantitative estimate of drug-likeness (QED) is 0.296. The molecule has 1 aromatic heterocycles. The van der Waals surface area contributed by atoms with Gasteiger partial charge in [-0.15, -0.1) is 0 Å². The summed E-state index contributed by atoms with van der Waals surface area (Å²) in [6.45, 7) is 0.941. The highest BCUT2D eigenvalue weighted by molar-refractivity contribution is 7.81. The maximum atomic E-state index is 13.5. The molecule has 0 bridgehead atoms. The first-order valence-corrected chi connectivity index (χ1v) is 9.80. The molecular weight excluding hydrogens is 400 g/mol. The van der Waals surface area contributed by atoms with Gasteiger partial charge < -0.3 is 24.6 Å². The van der Waals surface area contributed by atoms with Crippen molar-refractivity contribution in [3.63, 3.8) is 0 Å². The topological polar surface area (TPSA) is 66.7 Å². The predicted molar refractivity (Wildman–Crippen MR) is 116 cm³/mol. The van der Waals surface area contributed by atoms with Gasteiger partial charge in [-0.25, -0.2) is 0 Å². The summed E-state index contributed by atoms with van der Waals surface area (Å²) in [7, 11) is 1.60. The average molecular weight is 420 g/mol. The van der Waals surface area contributed by atoms with Gasteiger partial charge in [0, 0.05) is 23.9 Å². The van der Waals surface area contributed by atoms with Crippen LogP contribution in [0.5, 0.6) is 17.2 Å². The molecule has 0 spiro atoms. The monoisotopic (exact) mass is 420 g/mol. The minimum Gasteiger partial charge on any atom is -0.867 e. The van der Waals surface area contributed by atoms with Crippen LogP contribution in [-0.2, 0) is 0 Å². The Morgan fingerprint density at radius 2 is 1.77 bits per heavy atom. The van der Waals surface area contributed by atoms with Crippen molar-refractivity contribution in [2.24, 2.45) is 0 Å². The van der Waals surface area contributed by atoms with Gasteiger partial charge in [-0.3, -0.25) is 0 Å². The zero-order valence-corrected chi connectivity index (χ0v) is 17.1. The Labute approximate surface area is 180 Å². The third-order valence-electron chi connectivity index (χ3n) is 4.54. The summed E-state index contributed by atoms with van der Waals surface area (Å²) in [5, 5.41) is 16.6. The number of nitrogens with one attached hydrogen (secondary N) is 1. The second-order valence-electron chi connectivity index (χ2n) is 6.51. The van der Waals surface area contributed by atoms with Gasteiger partial charge in [0.05, 0.1) is 7.11 Å². The fourth-order valence-electron chi connectivity index (χ4n) is 3.10. The van der Waals surface area contributed by atoms with Crippen LogP contribution >= 0.6 is 12.2 Å². The number of rotatable bonds is 5. The maximum absolute atomic E-state index is 13.5. The molecule has 0 saturated heterocycles. The number of ether oxygens (including phenoxy) is 3. The van der Waals surface area contributed by atoms with Gasteiger partial charge in [0.25, 0.3) is 0 Å². The molecule has 152 valence electrons. The van der Waals surface area contributed by atoms with Crippen molar-refractivity contribution < 1.29 is 23.9 Å². The van der Waals surface area contributed by atoms with Gasteiger partial charge in [-0.1, -0.05) is 30.4 Å². The molecule has 0 amide bonds. The Morgan fingerprint density at radius 1 is 1.00 bits per heavy atom. The summed E-state index contributed by atoms with van der Waals surface area (Å²) in [5.41, 5.74) is 1.51. The zero-order valence-electron chi connectivity index (χ0n) is 16.3. The summed E-state index contributed by atoms with van der Waals surface area (Å²) < 4.78 is 18.1. The van der Waals surface area contributed by atoms with Gasteiger partial charge >= 0.3 is 0 Å². The van der Waals surface area contributed by atoms with Gasteiger partial charge in [-0.2, -0.15) is 4.57 Å². The molecule has 1 aliphatic heterocycles. The lowest BCUT2D eigenvalue weighted by molar-refractivity contribution is -0.577. The average Bonchev–Trinajstić information content (AvgIpc) is 2.79. The number of nitrogens with zero attached hydrogens (tertiary/aromatic N) is 1. The van der Waals surface area contributed by atoms with E-state index in [0.717, 1.165) is 5.69 Å². The van der Waals surface area contributed by atoms with Gasteiger partial charge in [-0.05, 0) is 35.6 Å². The molecule has 2 aromatic carbocycles. The van der Waals surface area contributed by atoms with Crippen LogP contribution in [0, 0.1) is 0 Å². The Bertz CT molecular complexity index is 1100. The molecule has 0 saturated carbocycles. The molecule has 3 aromatic rings. The minimum absolute atomic E-state index is 0.233. The summed E-state index contributed by atoms with van der Waals surface area (Å²) in [5.74, 6) is 1.64. The number of hydrogen-bond donors (Lipinski definition) is 1. The smallest absolute Gasteiger partial charge is 0.238 e. The number of fused-ring (bicyclic) bond motifs is 1. The lowest BCUT2D eigenvalue weighted by Gasteiger charge is -2.21. The first-order chi connectivity index (χ1) is 14.7. The molecule has 1 N–H and O–H groups in total. The second-order valence-corrected chi connectivity index (χ2v) is 6.91. The van der Waals surface area contributed by atoms with Crippen molar-refractivity contribution in [2.45, 2.75) is 0 Å². The minimum atomic E-state index is -0.233. The Hall–Kier alpha value is -3.58. The Kier molecular flexibility index (Phi) is 5.81. The van der Waals surface area contributed by atoms with E-state index >= 15 is 0 Å². The van der Waals surface area contributed by atoms with E-state index in [4.69, 9.17) is 26.4 Å². The summed E-state index contributed by atoms with van der Waals surface area (Å²) in [6.07, 6.45) is 3.57. The second kappa shape index (κ2) is 8.84. The first kappa shape index (κ1) is 19.7. The van der Waals surface area contributed by atoms with Crippen LogP contribution in [0.3, 0.4) is 0 Å². The van der Waals surface area contributed by atoms with E-state index < -0.39 is 0 Å². The van der Waals surface area contributed by atoms with E-state index in [1.165, 1.54) is 0 Å². The van der Waals surface area contributed by atoms with E-state index in [1.807, 2.05) is 42.5 Å².